The van der Waals surface area contributed by atoms with Crippen molar-refractivity contribution in [2.24, 2.45) is 0 Å². The minimum Gasteiger partial charge on any atom is -0.342 e. The van der Waals surface area contributed by atoms with Gasteiger partial charge < -0.3 is 10.2 Å². The third-order valence-electron chi connectivity index (χ3n) is 6.60. The minimum atomic E-state index is -1.32. The number of benzene rings is 1. The van der Waals surface area contributed by atoms with Gasteiger partial charge >= 0.3 is 0 Å². The van der Waals surface area contributed by atoms with Gasteiger partial charge in [-0.2, -0.15) is 4.39 Å². The summed E-state index contributed by atoms with van der Waals surface area (Å²) in [6.07, 6.45) is 1.97. The number of hydrogen-bond acceptors (Lipinski definition) is 5. The van der Waals surface area contributed by atoms with Crippen LogP contribution in [0.3, 0.4) is 0 Å². The number of likely N-dealkylation sites (tertiary alicyclic amines) is 1. The van der Waals surface area contributed by atoms with E-state index in [-0.39, 0.29) is 25.4 Å². The Labute approximate surface area is 201 Å². The van der Waals surface area contributed by atoms with Crippen LogP contribution in [0.25, 0.3) is 0 Å². The molecule has 0 radical (unpaired) electrons. The van der Waals surface area contributed by atoms with E-state index in [2.05, 4.69) is 20.6 Å². The molecule has 0 spiro atoms. The zero-order valence-electron chi connectivity index (χ0n) is 19.3. The number of carbonyl (C=O) groups is 2. The highest BCUT2D eigenvalue weighted by atomic mass is 19.1. The van der Waals surface area contributed by atoms with Crippen molar-refractivity contribution in [2.75, 3.05) is 6.54 Å². The number of amides is 2. The first-order chi connectivity index (χ1) is 16.9. The van der Waals surface area contributed by atoms with E-state index in [0.717, 1.165) is 12.8 Å². The molecule has 1 saturated carbocycles. The van der Waals surface area contributed by atoms with Crippen molar-refractivity contribution in [3.63, 3.8) is 0 Å². The molecule has 35 heavy (non-hydrogen) atoms. The lowest BCUT2D eigenvalue weighted by atomic mass is 10.0. The SMILES string of the molecule is Cc1cnnn1CC(=O)N1C[C@H](F)C[C@H]1C(=O)N[C@@H](c1ccccc1)c1ccc(C2CC2)c(F)n1. The maximum atomic E-state index is 14.7. The van der Waals surface area contributed by atoms with Crippen molar-refractivity contribution >= 4 is 11.8 Å². The number of aromatic nitrogens is 4. The Morgan fingerprint density at radius 1 is 1.17 bits per heavy atom. The van der Waals surface area contributed by atoms with Gasteiger partial charge in [0.15, 0.2) is 0 Å². The predicted octanol–water partition coefficient (Wildman–Crippen LogP) is 2.84. The molecule has 1 saturated heterocycles. The molecule has 2 amide bonds. The molecule has 2 aliphatic rings. The van der Waals surface area contributed by atoms with E-state index in [9.17, 15) is 18.4 Å². The second kappa shape index (κ2) is 9.52. The van der Waals surface area contributed by atoms with Gasteiger partial charge in [0.25, 0.3) is 0 Å². The zero-order valence-corrected chi connectivity index (χ0v) is 19.3. The van der Waals surface area contributed by atoms with Crippen LogP contribution in [0.15, 0.2) is 48.7 Å². The smallest absolute Gasteiger partial charge is 0.245 e. The molecule has 2 fully saturated rings. The Balaban J connectivity index is 1.38. The second-order valence-corrected chi connectivity index (χ2v) is 9.17. The number of nitrogens with one attached hydrogen (secondary N) is 1. The lowest BCUT2D eigenvalue weighted by Crippen LogP contribution is -2.48. The fourth-order valence-electron chi connectivity index (χ4n) is 4.52. The topological polar surface area (TPSA) is 93.0 Å². The van der Waals surface area contributed by atoms with Crippen molar-refractivity contribution in [3.8, 4) is 0 Å². The van der Waals surface area contributed by atoms with Gasteiger partial charge in [-0.1, -0.05) is 41.6 Å². The molecule has 0 unspecified atom stereocenters. The number of hydrogen-bond donors (Lipinski definition) is 1. The number of pyridine rings is 1. The van der Waals surface area contributed by atoms with Gasteiger partial charge in [0.2, 0.25) is 17.8 Å². The Bertz CT molecular complexity index is 1230. The number of rotatable bonds is 7. The van der Waals surface area contributed by atoms with Gasteiger partial charge in [-0.05, 0) is 37.3 Å². The van der Waals surface area contributed by atoms with Crippen molar-refractivity contribution in [1.82, 2.24) is 30.2 Å². The van der Waals surface area contributed by atoms with Gasteiger partial charge in [0, 0.05) is 12.0 Å². The molecule has 5 rings (SSSR count). The highest BCUT2D eigenvalue weighted by molar-refractivity contribution is 5.88. The fourth-order valence-corrected chi connectivity index (χ4v) is 4.52. The normalized spacial score (nSPS) is 20.6. The van der Waals surface area contributed by atoms with E-state index in [0.29, 0.717) is 22.5 Å². The molecule has 8 nitrogen and oxygen atoms in total. The molecule has 1 aliphatic heterocycles. The van der Waals surface area contributed by atoms with Crippen molar-refractivity contribution in [2.45, 2.75) is 56.9 Å². The van der Waals surface area contributed by atoms with Gasteiger partial charge in [0.05, 0.1) is 30.2 Å². The summed E-state index contributed by atoms with van der Waals surface area (Å²) in [6, 6.07) is 10.8. The zero-order chi connectivity index (χ0) is 24.5. The Kier molecular flexibility index (Phi) is 6.27. The summed E-state index contributed by atoms with van der Waals surface area (Å²) in [4.78, 5) is 31.7. The number of aryl methyl sites for hydroxylation is 1. The van der Waals surface area contributed by atoms with Gasteiger partial charge in [-0.15, -0.1) is 5.10 Å². The standard InChI is InChI=1S/C25H26F2N6O2/c1-15-12-28-31-33(15)14-22(34)32-13-18(26)11-21(32)25(35)30-23(17-5-3-2-4-6-17)20-10-9-19(16-7-8-16)24(27)29-20/h2-6,9-10,12,16,18,21,23H,7-8,11,13-14H2,1H3,(H,30,35)/t18-,21+,23+/m1/s1. The van der Waals surface area contributed by atoms with Gasteiger partial charge in [0.1, 0.15) is 18.8 Å². The quantitative estimate of drug-likeness (QED) is 0.525. The Morgan fingerprint density at radius 2 is 1.94 bits per heavy atom. The number of nitrogens with zero attached hydrogens (tertiary/aromatic N) is 5. The average Bonchev–Trinajstić information content (AvgIpc) is 3.50. The third-order valence-corrected chi connectivity index (χ3v) is 6.60. The highest BCUT2D eigenvalue weighted by Crippen LogP contribution is 2.41. The van der Waals surface area contributed by atoms with E-state index in [4.69, 9.17) is 0 Å². The molecule has 0 bridgehead atoms. The van der Waals surface area contributed by atoms with E-state index < -0.39 is 36.0 Å². The first kappa shape index (κ1) is 23.1. The number of carbonyl (C=O) groups excluding carboxylic acids is 2. The maximum Gasteiger partial charge on any atom is 0.245 e. The third kappa shape index (κ3) is 4.91. The summed E-state index contributed by atoms with van der Waals surface area (Å²) in [5.41, 5.74) is 2.32. The highest BCUT2D eigenvalue weighted by Gasteiger charge is 2.41. The maximum absolute atomic E-state index is 14.7. The predicted molar refractivity (Wildman–Crippen MR) is 122 cm³/mol. The molecule has 1 aromatic carbocycles. The van der Waals surface area contributed by atoms with Gasteiger partial charge in [-0.3, -0.25) is 9.59 Å². The summed E-state index contributed by atoms with van der Waals surface area (Å²) in [5, 5.41) is 10.5. The molecule has 182 valence electrons. The molecular weight excluding hydrogens is 454 g/mol. The summed E-state index contributed by atoms with van der Waals surface area (Å²) >= 11 is 0. The molecule has 3 heterocycles. The summed E-state index contributed by atoms with van der Waals surface area (Å²) < 4.78 is 30.5. The van der Waals surface area contributed by atoms with Crippen LogP contribution in [-0.2, 0) is 16.1 Å². The largest absolute Gasteiger partial charge is 0.342 e. The second-order valence-electron chi connectivity index (χ2n) is 9.17. The molecule has 1 N–H and O–H groups in total. The van der Waals surface area contributed by atoms with E-state index >= 15 is 0 Å². The van der Waals surface area contributed by atoms with E-state index in [1.54, 1.807) is 19.1 Å². The van der Waals surface area contributed by atoms with E-state index in [1.807, 2.05) is 30.3 Å². The molecule has 3 aromatic rings. The monoisotopic (exact) mass is 480 g/mol. The van der Waals surface area contributed by atoms with Crippen LogP contribution in [0.1, 0.15) is 53.7 Å². The van der Waals surface area contributed by atoms with Crippen molar-refractivity contribution < 1.29 is 18.4 Å². The van der Waals surface area contributed by atoms with Crippen molar-refractivity contribution in [1.29, 1.82) is 0 Å². The first-order valence-corrected chi connectivity index (χ1v) is 11.7. The first-order valence-electron chi connectivity index (χ1n) is 11.7. The number of halogens is 2. The molecule has 2 aromatic heterocycles. The minimum absolute atomic E-state index is 0.113. The van der Waals surface area contributed by atoms with Gasteiger partial charge in [-0.25, -0.2) is 14.1 Å². The molecule has 1 aliphatic carbocycles. The summed E-state index contributed by atoms with van der Waals surface area (Å²) in [5.74, 6) is -1.27. The van der Waals surface area contributed by atoms with E-state index in [1.165, 1.54) is 15.8 Å². The lowest BCUT2D eigenvalue weighted by molar-refractivity contribution is -0.139. The van der Waals surface area contributed by atoms with Crippen LogP contribution in [0.5, 0.6) is 0 Å². The van der Waals surface area contributed by atoms with Crippen LogP contribution in [0.2, 0.25) is 0 Å². The van der Waals surface area contributed by atoms with Crippen molar-refractivity contribution in [3.05, 3.63) is 77.1 Å². The number of alkyl halides is 1. The molecule has 3 atom stereocenters. The summed E-state index contributed by atoms with van der Waals surface area (Å²) in [6.45, 7) is 1.44. The Morgan fingerprint density at radius 3 is 2.60 bits per heavy atom. The van der Waals surface area contributed by atoms with Crippen LogP contribution in [0, 0.1) is 12.9 Å². The van der Waals surface area contributed by atoms with Crippen LogP contribution in [-0.4, -0.2) is 55.5 Å². The average molecular weight is 481 g/mol. The summed E-state index contributed by atoms with van der Waals surface area (Å²) in [7, 11) is 0. The van der Waals surface area contributed by atoms with Crippen LogP contribution >= 0.6 is 0 Å². The molecular formula is C25H26F2N6O2. The van der Waals surface area contributed by atoms with Crippen LogP contribution < -0.4 is 5.32 Å². The Hall–Kier alpha value is -3.69. The van der Waals surface area contributed by atoms with Crippen LogP contribution in [0.4, 0.5) is 8.78 Å². The fraction of sp³-hybridized carbons (Fsp3) is 0.400. The lowest BCUT2D eigenvalue weighted by Gasteiger charge is -2.26. The molecule has 10 heteroatoms.